The van der Waals surface area contributed by atoms with E-state index in [1.165, 1.54) is 13.0 Å². The van der Waals surface area contributed by atoms with Crippen LogP contribution in [0.5, 0.6) is 0 Å². The molecule has 3 aromatic rings. The van der Waals surface area contributed by atoms with E-state index in [0.717, 1.165) is 29.2 Å². The summed E-state index contributed by atoms with van der Waals surface area (Å²) in [6.45, 7) is 1.42. The molecule has 1 aromatic carbocycles. The number of nitrogens with one attached hydrogen (secondary N) is 1. The van der Waals surface area contributed by atoms with Crippen LogP contribution in [0.15, 0.2) is 43.0 Å². The summed E-state index contributed by atoms with van der Waals surface area (Å²) >= 11 is 0. The van der Waals surface area contributed by atoms with Gasteiger partial charge in [-0.2, -0.15) is 36.1 Å². The number of halogens is 6. The summed E-state index contributed by atoms with van der Waals surface area (Å²) in [6, 6.07) is 3.27. The largest absolute Gasteiger partial charge is 0.419 e. The number of nitrogens with zero attached hydrogens (tertiary/aromatic N) is 5. The Balaban J connectivity index is 1.84. The van der Waals surface area contributed by atoms with Crippen LogP contribution in [-0.2, 0) is 12.4 Å². The quantitative estimate of drug-likeness (QED) is 0.640. The summed E-state index contributed by atoms with van der Waals surface area (Å²) in [5.74, 6) is -1.27. The van der Waals surface area contributed by atoms with Gasteiger partial charge in [0.25, 0.3) is 11.9 Å². The molecule has 30 heavy (non-hydrogen) atoms. The van der Waals surface area contributed by atoms with Crippen molar-refractivity contribution in [1.29, 1.82) is 0 Å². The molecule has 0 saturated carbocycles. The normalized spacial score (nSPS) is 13.2. The molecule has 0 bridgehead atoms. The van der Waals surface area contributed by atoms with Gasteiger partial charge < -0.3 is 5.32 Å². The summed E-state index contributed by atoms with van der Waals surface area (Å²) in [5.41, 5.74) is -2.77. The number of amides is 1. The highest BCUT2D eigenvalue weighted by Crippen LogP contribution is 2.32. The minimum absolute atomic E-state index is 0.00704. The average molecular weight is 430 g/mol. The molecular weight excluding hydrogens is 418 g/mol. The van der Waals surface area contributed by atoms with Crippen molar-refractivity contribution in [1.82, 2.24) is 30.0 Å². The topological polar surface area (TPSA) is 85.6 Å². The van der Waals surface area contributed by atoms with Gasteiger partial charge in [0.05, 0.1) is 22.7 Å². The molecule has 3 rings (SSSR count). The fourth-order valence-electron chi connectivity index (χ4n) is 2.54. The lowest BCUT2D eigenvalue weighted by Gasteiger charge is -2.16. The van der Waals surface area contributed by atoms with Gasteiger partial charge in [0, 0.05) is 12.4 Å². The molecule has 1 atom stereocenters. The molecule has 0 aliphatic heterocycles. The van der Waals surface area contributed by atoms with Crippen LogP contribution in [0.25, 0.3) is 5.95 Å². The highest BCUT2D eigenvalue weighted by Gasteiger charge is 2.35. The second kappa shape index (κ2) is 7.72. The molecule has 0 fully saturated rings. The van der Waals surface area contributed by atoms with Crippen LogP contribution >= 0.6 is 0 Å². The Kier molecular flexibility index (Phi) is 5.46. The van der Waals surface area contributed by atoms with Crippen LogP contribution in [0.4, 0.5) is 26.3 Å². The molecule has 7 nitrogen and oxygen atoms in total. The van der Waals surface area contributed by atoms with Crippen LogP contribution in [0, 0.1) is 0 Å². The third-order valence-electron chi connectivity index (χ3n) is 3.94. The Morgan fingerprint density at radius 2 is 1.63 bits per heavy atom. The first-order valence-corrected chi connectivity index (χ1v) is 8.25. The molecule has 1 amide bonds. The molecule has 0 saturated heterocycles. The number of hydrogen-bond donors (Lipinski definition) is 1. The van der Waals surface area contributed by atoms with E-state index in [4.69, 9.17) is 0 Å². The van der Waals surface area contributed by atoms with Crippen molar-refractivity contribution in [3.05, 3.63) is 65.5 Å². The lowest BCUT2D eigenvalue weighted by Crippen LogP contribution is -2.30. The number of alkyl halides is 6. The molecule has 1 unspecified atom stereocenters. The molecule has 1 N–H and O–H groups in total. The van der Waals surface area contributed by atoms with Gasteiger partial charge in [-0.25, -0.2) is 15.0 Å². The van der Waals surface area contributed by atoms with Crippen molar-refractivity contribution in [3.8, 4) is 5.95 Å². The number of aromatic nitrogens is 5. The average Bonchev–Trinajstić information content (AvgIpc) is 3.16. The number of carbonyl (C=O) groups is 1. The zero-order valence-electron chi connectivity index (χ0n) is 15.0. The maximum atomic E-state index is 13.1. The van der Waals surface area contributed by atoms with E-state index in [2.05, 4.69) is 25.4 Å². The number of carbonyl (C=O) groups excluding carboxylic acids is 1. The molecule has 2 aromatic heterocycles. The fourth-order valence-corrected chi connectivity index (χ4v) is 2.54. The molecule has 0 aliphatic rings. The standard InChI is InChI=1S/C17H12F6N6O/c1-9(28-14(30)11-4-2-3-5-12(11)17(21,22)23)13-26-8-27-29(13)15-24-6-10(7-25-15)16(18,19)20/h2-9H,1H3,(H,28,30). The minimum atomic E-state index is -4.73. The molecule has 0 spiro atoms. The molecule has 0 radical (unpaired) electrons. The minimum Gasteiger partial charge on any atom is -0.342 e. The van der Waals surface area contributed by atoms with Crippen LogP contribution in [-0.4, -0.2) is 30.6 Å². The van der Waals surface area contributed by atoms with Gasteiger partial charge in [0.1, 0.15) is 6.33 Å². The number of rotatable bonds is 4. The summed E-state index contributed by atoms with van der Waals surface area (Å²) in [4.78, 5) is 23.5. The van der Waals surface area contributed by atoms with E-state index in [1.807, 2.05) is 0 Å². The zero-order valence-corrected chi connectivity index (χ0v) is 15.0. The molecule has 2 heterocycles. The Hall–Kier alpha value is -3.51. The van der Waals surface area contributed by atoms with E-state index >= 15 is 0 Å². The molecule has 158 valence electrons. The van der Waals surface area contributed by atoms with Crippen LogP contribution in [0.2, 0.25) is 0 Å². The van der Waals surface area contributed by atoms with Crippen molar-refractivity contribution in [2.75, 3.05) is 0 Å². The monoisotopic (exact) mass is 430 g/mol. The predicted octanol–water partition coefficient (Wildman–Crippen LogP) is 3.59. The lowest BCUT2D eigenvalue weighted by atomic mass is 10.1. The van der Waals surface area contributed by atoms with E-state index in [1.54, 1.807) is 0 Å². The Morgan fingerprint density at radius 1 is 1.00 bits per heavy atom. The second-order valence-electron chi connectivity index (χ2n) is 6.04. The summed E-state index contributed by atoms with van der Waals surface area (Å²) < 4.78 is 78.3. The number of benzene rings is 1. The van der Waals surface area contributed by atoms with Gasteiger partial charge in [0.15, 0.2) is 5.82 Å². The first-order valence-electron chi connectivity index (χ1n) is 8.25. The van der Waals surface area contributed by atoms with E-state index in [-0.39, 0.29) is 11.8 Å². The van der Waals surface area contributed by atoms with Crippen molar-refractivity contribution in [3.63, 3.8) is 0 Å². The van der Waals surface area contributed by atoms with E-state index in [9.17, 15) is 31.1 Å². The maximum Gasteiger partial charge on any atom is 0.419 e. The summed E-state index contributed by atoms with van der Waals surface area (Å²) in [7, 11) is 0. The Morgan fingerprint density at radius 3 is 2.23 bits per heavy atom. The van der Waals surface area contributed by atoms with Gasteiger partial charge in [-0.05, 0) is 19.1 Å². The van der Waals surface area contributed by atoms with Crippen LogP contribution in [0.3, 0.4) is 0 Å². The van der Waals surface area contributed by atoms with E-state index < -0.39 is 41.0 Å². The van der Waals surface area contributed by atoms with Gasteiger partial charge >= 0.3 is 12.4 Å². The first kappa shape index (κ1) is 21.2. The van der Waals surface area contributed by atoms with Gasteiger partial charge in [-0.1, -0.05) is 12.1 Å². The number of hydrogen-bond acceptors (Lipinski definition) is 5. The summed E-state index contributed by atoms with van der Waals surface area (Å²) in [5, 5.41) is 6.16. The van der Waals surface area contributed by atoms with Crippen LogP contribution in [0.1, 0.15) is 40.3 Å². The maximum absolute atomic E-state index is 13.1. The molecule has 0 aliphatic carbocycles. The fraction of sp³-hybridized carbons (Fsp3) is 0.235. The third-order valence-corrected chi connectivity index (χ3v) is 3.94. The second-order valence-corrected chi connectivity index (χ2v) is 6.04. The first-order chi connectivity index (χ1) is 14.0. The lowest BCUT2D eigenvalue weighted by molar-refractivity contribution is -0.138. The van der Waals surface area contributed by atoms with Crippen molar-refractivity contribution in [2.24, 2.45) is 0 Å². The SMILES string of the molecule is CC(NC(=O)c1ccccc1C(F)(F)F)c1ncnn1-c1ncc(C(F)(F)F)cn1. The smallest absolute Gasteiger partial charge is 0.342 e. The predicted molar refractivity (Wildman–Crippen MR) is 89.3 cm³/mol. The van der Waals surface area contributed by atoms with Crippen molar-refractivity contribution >= 4 is 5.91 Å². The van der Waals surface area contributed by atoms with Gasteiger partial charge in [-0.15, -0.1) is 0 Å². The van der Waals surface area contributed by atoms with Crippen molar-refractivity contribution < 1.29 is 31.1 Å². The summed E-state index contributed by atoms with van der Waals surface area (Å²) in [6.07, 6.45) is -7.21. The highest BCUT2D eigenvalue weighted by molar-refractivity contribution is 5.96. The van der Waals surface area contributed by atoms with Crippen molar-refractivity contribution in [2.45, 2.75) is 25.3 Å². The highest BCUT2D eigenvalue weighted by atomic mass is 19.4. The Bertz CT molecular complexity index is 1040. The zero-order chi connectivity index (χ0) is 22.1. The molecule has 13 heteroatoms. The molecular formula is C17H12F6N6O. The van der Waals surface area contributed by atoms with Crippen LogP contribution < -0.4 is 5.32 Å². The Labute approximate surface area is 164 Å². The van der Waals surface area contributed by atoms with Gasteiger partial charge in [0.2, 0.25) is 0 Å². The third kappa shape index (κ3) is 4.39. The van der Waals surface area contributed by atoms with Gasteiger partial charge in [-0.3, -0.25) is 4.79 Å². The van der Waals surface area contributed by atoms with E-state index in [0.29, 0.717) is 12.4 Å².